The lowest BCUT2D eigenvalue weighted by molar-refractivity contribution is -0.137. The van der Waals surface area contributed by atoms with Crippen LogP contribution >= 0.6 is 0 Å². The first-order valence-corrected chi connectivity index (χ1v) is 14.6. The van der Waals surface area contributed by atoms with E-state index >= 15 is 0 Å². The van der Waals surface area contributed by atoms with Crippen LogP contribution < -0.4 is 15.5 Å². The van der Waals surface area contributed by atoms with Gasteiger partial charge >= 0.3 is 0 Å². The van der Waals surface area contributed by atoms with Crippen molar-refractivity contribution in [2.75, 3.05) is 24.7 Å². The van der Waals surface area contributed by atoms with Crippen LogP contribution in [0.25, 0.3) is 5.69 Å². The molecule has 6 rings (SSSR count). The molecular weight excluding hydrogens is 576 g/mol. The van der Waals surface area contributed by atoms with Crippen LogP contribution in [0.5, 0.6) is 0 Å². The molecular formula is C33H32N6O6. The fourth-order valence-corrected chi connectivity index (χ4v) is 5.78. The van der Waals surface area contributed by atoms with Crippen molar-refractivity contribution < 1.29 is 28.7 Å². The molecule has 2 aromatic carbocycles. The molecule has 2 N–H and O–H groups in total. The van der Waals surface area contributed by atoms with E-state index in [0.29, 0.717) is 22.4 Å². The normalized spacial score (nSPS) is 18.2. The van der Waals surface area contributed by atoms with Gasteiger partial charge in [-0.05, 0) is 49.2 Å². The highest BCUT2D eigenvalue weighted by Crippen LogP contribution is 2.35. The molecule has 3 aromatic rings. The molecule has 0 saturated carbocycles. The van der Waals surface area contributed by atoms with Crippen LogP contribution in [-0.4, -0.2) is 69.8 Å². The summed E-state index contributed by atoms with van der Waals surface area (Å²) in [5, 5.41) is 5.19. The summed E-state index contributed by atoms with van der Waals surface area (Å²) in [5.41, 5.74) is 3.08. The van der Waals surface area contributed by atoms with Crippen molar-refractivity contribution in [3.8, 4) is 5.69 Å². The highest BCUT2D eigenvalue weighted by Gasteiger charge is 2.41. The number of para-hydroxylation sites is 1. The molecule has 12 nitrogen and oxygen atoms in total. The van der Waals surface area contributed by atoms with E-state index in [1.165, 1.54) is 9.80 Å². The van der Waals surface area contributed by atoms with E-state index in [2.05, 4.69) is 22.2 Å². The Bertz CT molecular complexity index is 1740. The predicted molar refractivity (Wildman–Crippen MR) is 163 cm³/mol. The van der Waals surface area contributed by atoms with Gasteiger partial charge in [-0.15, -0.1) is 0 Å². The zero-order valence-electron chi connectivity index (χ0n) is 24.7. The zero-order chi connectivity index (χ0) is 31.7. The van der Waals surface area contributed by atoms with Crippen molar-refractivity contribution in [2.24, 2.45) is 0 Å². The van der Waals surface area contributed by atoms with Crippen LogP contribution in [0.4, 0.5) is 5.69 Å². The van der Waals surface area contributed by atoms with E-state index in [4.69, 9.17) is 4.74 Å². The van der Waals surface area contributed by atoms with Crippen molar-refractivity contribution in [1.29, 1.82) is 0 Å². The third-order valence-electron chi connectivity index (χ3n) is 8.01. The summed E-state index contributed by atoms with van der Waals surface area (Å²) < 4.78 is 7.21. The molecule has 0 aliphatic carbocycles. The molecule has 0 bridgehead atoms. The van der Waals surface area contributed by atoms with Crippen LogP contribution in [-0.2, 0) is 30.5 Å². The Kier molecular flexibility index (Phi) is 8.14. The number of fused-ring (bicyclic) bond motifs is 1. The van der Waals surface area contributed by atoms with Crippen molar-refractivity contribution in [2.45, 2.75) is 38.4 Å². The highest BCUT2D eigenvalue weighted by atomic mass is 16.5. The first kappa shape index (κ1) is 29.7. The van der Waals surface area contributed by atoms with Crippen molar-refractivity contribution in [3.05, 3.63) is 102 Å². The second-order valence-corrected chi connectivity index (χ2v) is 11.2. The molecule has 230 valence electrons. The molecule has 5 amide bonds. The second-order valence-electron chi connectivity index (χ2n) is 11.2. The minimum absolute atomic E-state index is 0.0652. The van der Waals surface area contributed by atoms with Crippen LogP contribution in [0.1, 0.15) is 47.6 Å². The Hall–Kier alpha value is -5.36. The number of anilines is 1. The summed E-state index contributed by atoms with van der Waals surface area (Å²) in [6.45, 7) is 6.34. The number of hydrogen-bond donors (Lipinski definition) is 2. The number of imide groups is 1. The molecule has 1 aromatic heterocycles. The second kappa shape index (κ2) is 12.3. The molecule has 12 heteroatoms. The Morgan fingerprint density at radius 3 is 2.69 bits per heavy atom. The Labute approximate surface area is 259 Å². The molecule has 1 fully saturated rings. The lowest BCUT2D eigenvalue weighted by Gasteiger charge is -2.31. The third kappa shape index (κ3) is 5.79. The minimum Gasteiger partial charge on any atom is -0.372 e. The molecule has 1 saturated heterocycles. The quantitative estimate of drug-likeness (QED) is 0.281. The van der Waals surface area contributed by atoms with E-state index in [1.54, 1.807) is 48.2 Å². The number of amides is 5. The lowest BCUT2D eigenvalue weighted by atomic mass is 10.0. The molecule has 2 atom stereocenters. The van der Waals surface area contributed by atoms with Crippen molar-refractivity contribution in [1.82, 2.24) is 25.1 Å². The molecule has 3 aliphatic heterocycles. The number of nitrogens with one attached hydrogen (secondary N) is 2. The molecule has 0 spiro atoms. The SMILES string of the molecule is C=C(C)CNC(=O)C(c1nccn1-c1ccccc1)N(C(=O)C1=CCOC1)c1ccc2c(c1)C(=O)N(C1CCC(=O)NC1=O)C2. The standard InChI is InChI=1S/C33H32N6O6/c1-20(2)17-35-31(42)28(29-34-13-14-37(29)23-6-4-3-5-7-23)39(32(43)22-12-15-45-19-22)24-9-8-21-18-38(33(44)25(21)16-24)26-10-11-27(40)36-30(26)41/h3-9,12-14,16,26,28H,1,10-11,15,17-19H2,2H3,(H,35,42)(H,36,40,41). The van der Waals surface area contributed by atoms with Gasteiger partial charge in [-0.2, -0.15) is 0 Å². The summed E-state index contributed by atoms with van der Waals surface area (Å²) in [6.07, 6.45) is 5.31. The predicted octanol–water partition coefficient (Wildman–Crippen LogP) is 2.36. The maximum absolute atomic E-state index is 14.3. The van der Waals surface area contributed by atoms with Crippen LogP contribution in [0.3, 0.4) is 0 Å². The number of carbonyl (C=O) groups is 5. The van der Waals surface area contributed by atoms with Crippen LogP contribution in [0.15, 0.2) is 84.7 Å². The molecule has 4 heterocycles. The first-order chi connectivity index (χ1) is 21.7. The van der Waals surface area contributed by atoms with Gasteiger partial charge in [0.15, 0.2) is 6.04 Å². The fourth-order valence-electron chi connectivity index (χ4n) is 5.78. The maximum Gasteiger partial charge on any atom is 0.257 e. The van der Waals surface area contributed by atoms with Crippen LogP contribution in [0, 0.1) is 0 Å². The van der Waals surface area contributed by atoms with Gasteiger partial charge in [0.05, 0.1) is 13.2 Å². The summed E-state index contributed by atoms with van der Waals surface area (Å²) in [6, 6.07) is 12.3. The number of hydrogen-bond acceptors (Lipinski definition) is 7. The number of carbonyl (C=O) groups excluding carboxylic acids is 5. The largest absolute Gasteiger partial charge is 0.372 e. The van der Waals surface area contributed by atoms with E-state index in [9.17, 15) is 24.0 Å². The summed E-state index contributed by atoms with van der Waals surface area (Å²) in [4.78, 5) is 73.7. The number of nitrogens with zero attached hydrogens (tertiary/aromatic N) is 4. The third-order valence-corrected chi connectivity index (χ3v) is 8.01. The van der Waals surface area contributed by atoms with Gasteiger partial charge < -0.3 is 19.5 Å². The smallest absolute Gasteiger partial charge is 0.257 e. The van der Waals surface area contributed by atoms with Gasteiger partial charge in [-0.25, -0.2) is 4.98 Å². The lowest BCUT2D eigenvalue weighted by Crippen LogP contribution is -2.52. The number of ether oxygens (including phenoxy) is 1. The number of imidazole rings is 1. The highest BCUT2D eigenvalue weighted by molar-refractivity contribution is 6.11. The number of rotatable bonds is 9. The number of aromatic nitrogens is 2. The van der Waals surface area contributed by atoms with Gasteiger partial charge in [0.1, 0.15) is 11.9 Å². The summed E-state index contributed by atoms with van der Waals surface area (Å²) in [7, 11) is 0. The molecule has 0 radical (unpaired) electrons. The minimum atomic E-state index is -1.26. The fraction of sp³-hybridized carbons (Fsp3) is 0.273. The number of benzene rings is 2. The zero-order valence-corrected chi connectivity index (χ0v) is 24.7. The van der Waals surface area contributed by atoms with Crippen molar-refractivity contribution in [3.63, 3.8) is 0 Å². The Morgan fingerprint density at radius 1 is 1.18 bits per heavy atom. The summed E-state index contributed by atoms with van der Waals surface area (Å²) >= 11 is 0. The molecule has 45 heavy (non-hydrogen) atoms. The monoisotopic (exact) mass is 608 g/mol. The molecule has 3 aliphatic rings. The average molecular weight is 609 g/mol. The van der Waals surface area contributed by atoms with Gasteiger partial charge in [0.2, 0.25) is 11.8 Å². The van der Waals surface area contributed by atoms with Crippen LogP contribution in [0.2, 0.25) is 0 Å². The van der Waals surface area contributed by atoms with E-state index in [0.717, 1.165) is 11.3 Å². The Balaban J connectivity index is 1.44. The van der Waals surface area contributed by atoms with E-state index < -0.39 is 35.7 Å². The Morgan fingerprint density at radius 2 is 1.98 bits per heavy atom. The molecule has 2 unspecified atom stereocenters. The maximum atomic E-state index is 14.3. The van der Waals surface area contributed by atoms with Gasteiger partial charge in [0, 0.05) is 54.4 Å². The van der Waals surface area contributed by atoms with Gasteiger partial charge in [-0.1, -0.05) is 36.4 Å². The van der Waals surface area contributed by atoms with Crippen molar-refractivity contribution >= 4 is 35.2 Å². The summed E-state index contributed by atoms with van der Waals surface area (Å²) in [5.74, 6) is -1.97. The average Bonchev–Trinajstić information content (AvgIpc) is 3.80. The first-order valence-electron chi connectivity index (χ1n) is 14.6. The number of piperidine rings is 1. The van der Waals surface area contributed by atoms with Gasteiger partial charge in [0.25, 0.3) is 17.7 Å². The van der Waals surface area contributed by atoms with E-state index in [1.807, 2.05) is 30.3 Å². The topological polar surface area (TPSA) is 143 Å². The van der Waals surface area contributed by atoms with E-state index in [-0.39, 0.29) is 50.9 Å². The van der Waals surface area contributed by atoms with Gasteiger partial charge in [-0.3, -0.25) is 34.2 Å².